The van der Waals surface area contributed by atoms with Crippen LogP contribution in [0.15, 0.2) is 24.7 Å². The smallest absolute Gasteiger partial charge is 0.272 e. The molecule has 1 N–H and O–H groups in total. The minimum atomic E-state index is -0.0338. The van der Waals surface area contributed by atoms with Gasteiger partial charge in [-0.05, 0) is 25.0 Å². The van der Waals surface area contributed by atoms with Crippen LogP contribution in [0.2, 0.25) is 0 Å². The number of aromatic nitrogens is 4. The Morgan fingerprint density at radius 3 is 2.86 bits per heavy atom. The molecule has 7 heteroatoms. The second-order valence-corrected chi connectivity index (χ2v) is 5.33. The number of imidazole rings is 1. The quantitative estimate of drug-likeness (QED) is 0.918. The lowest BCUT2D eigenvalue weighted by Crippen LogP contribution is -2.31. The van der Waals surface area contributed by atoms with Gasteiger partial charge >= 0.3 is 0 Å². The molecule has 0 bridgehead atoms. The molecule has 1 amide bonds. The Bertz CT molecular complexity index is 607. The first kappa shape index (κ1) is 13.5. The van der Waals surface area contributed by atoms with Crippen molar-refractivity contribution in [3.63, 3.8) is 0 Å². The second kappa shape index (κ2) is 5.51. The number of nitrogens with zero attached hydrogens (tertiary/aromatic N) is 5. The number of H-pyrrole nitrogens is 1. The van der Waals surface area contributed by atoms with Crippen LogP contribution in [0.1, 0.15) is 35.1 Å². The summed E-state index contributed by atoms with van der Waals surface area (Å²) in [5.74, 6) is 0.775. The van der Waals surface area contributed by atoms with Crippen LogP contribution in [0.4, 0.5) is 5.82 Å². The topological polar surface area (TPSA) is 78.0 Å². The van der Waals surface area contributed by atoms with Crippen molar-refractivity contribution >= 4 is 11.7 Å². The fourth-order valence-corrected chi connectivity index (χ4v) is 2.60. The number of rotatable bonds is 3. The van der Waals surface area contributed by atoms with Gasteiger partial charge < -0.3 is 14.8 Å². The number of anilines is 1. The van der Waals surface area contributed by atoms with E-state index in [1.54, 1.807) is 6.20 Å². The highest BCUT2D eigenvalue weighted by Crippen LogP contribution is 2.31. The number of nitrogens with one attached hydrogen (secondary N) is 1. The lowest BCUT2D eigenvalue weighted by atomic mass is 10.1. The predicted octanol–water partition coefficient (Wildman–Crippen LogP) is 1.24. The van der Waals surface area contributed by atoms with Crippen LogP contribution >= 0.6 is 0 Å². The molecule has 1 aliphatic rings. The molecule has 1 fully saturated rings. The van der Waals surface area contributed by atoms with Crippen LogP contribution in [0.25, 0.3) is 0 Å². The Kier molecular flexibility index (Phi) is 3.55. The number of aromatic amines is 1. The molecular formula is C14H18N6O. The lowest BCUT2D eigenvalue weighted by molar-refractivity contribution is 0.0727. The van der Waals surface area contributed by atoms with Gasteiger partial charge in [0, 0.05) is 20.6 Å². The molecule has 0 saturated carbocycles. The number of hydrogen-bond acceptors (Lipinski definition) is 5. The molecule has 1 aliphatic heterocycles. The Balaban J connectivity index is 1.82. The highest BCUT2D eigenvalue weighted by atomic mass is 16.2. The van der Waals surface area contributed by atoms with E-state index in [-0.39, 0.29) is 11.9 Å². The molecule has 110 valence electrons. The third-order valence-electron chi connectivity index (χ3n) is 3.71. The van der Waals surface area contributed by atoms with Gasteiger partial charge in [-0.1, -0.05) is 0 Å². The summed E-state index contributed by atoms with van der Waals surface area (Å²) >= 11 is 0. The maximum absolute atomic E-state index is 12.5. The molecule has 0 aromatic carbocycles. The van der Waals surface area contributed by atoms with Gasteiger partial charge in [0.2, 0.25) is 0 Å². The molecule has 2 aromatic heterocycles. The third kappa shape index (κ3) is 2.58. The molecule has 0 radical (unpaired) electrons. The maximum Gasteiger partial charge on any atom is 0.272 e. The van der Waals surface area contributed by atoms with Crippen molar-refractivity contribution < 1.29 is 4.79 Å². The zero-order valence-electron chi connectivity index (χ0n) is 12.2. The van der Waals surface area contributed by atoms with Crippen LogP contribution in [0.5, 0.6) is 0 Å². The second-order valence-electron chi connectivity index (χ2n) is 5.33. The van der Waals surface area contributed by atoms with Gasteiger partial charge in [-0.25, -0.2) is 4.98 Å². The van der Waals surface area contributed by atoms with Gasteiger partial charge in [0.05, 0.1) is 24.3 Å². The van der Waals surface area contributed by atoms with E-state index in [4.69, 9.17) is 0 Å². The van der Waals surface area contributed by atoms with E-state index in [0.29, 0.717) is 5.69 Å². The van der Waals surface area contributed by atoms with Crippen molar-refractivity contribution in [3.05, 3.63) is 36.0 Å². The fraction of sp³-hybridized carbons (Fsp3) is 0.429. The number of amides is 1. The SMILES string of the molecule is CN(C)c1ccc(C2CCCN2C(=O)c2cnc[nH]2)nn1. The molecule has 0 aliphatic carbocycles. The van der Waals surface area contributed by atoms with Gasteiger partial charge in [0.1, 0.15) is 5.69 Å². The van der Waals surface area contributed by atoms with Crippen LogP contribution in [0, 0.1) is 0 Å². The summed E-state index contributed by atoms with van der Waals surface area (Å²) in [5.41, 5.74) is 1.35. The van der Waals surface area contributed by atoms with Crippen molar-refractivity contribution in [3.8, 4) is 0 Å². The van der Waals surface area contributed by atoms with Gasteiger partial charge in [0.25, 0.3) is 5.91 Å². The molecule has 0 spiro atoms. The van der Waals surface area contributed by atoms with Crippen LogP contribution in [-0.4, -0.2) is 51.6 Å². The van der Waals surface area contributed by atoms with E-state index in [2.05, 4.69) is 20.2 Å². The Hall–Kier alpha value is -2.44. The van der Waals surface area contributed by atoms with Gasteiger partial charge in [-0.3, -0.25) is 4.79 Å². The van der Waals surface area contributed by atoms with Gasteiger partial charge in [-0.15, -0.1) is 5.10 Å². The summed E-state index contributed by atoms with van der Waals surface area (Å²) in [6.07, 6.45) is 4.96. The van der Waals surface area contributed by atoms with Crippen LogP contribution < -0.4 is 4.90 Å². The standard InChI is InChI=1S/C14H18N6O/c1-19(2)13-6-5-10(17-18-13)12-4-3-7-20(12)14(21)11-8-15-9-16-11/h5-6,8-9,12H,3-4,7H2,1-2H3,(H,15,16). The van der Waals surface area contributed by atoms with Crippen LogP contribution in [0.3, 0.4) is 0 Å². The van der Waals surface area contributed by atoms with E-state index in [9.17, 15) is 4.79 Å². The number of carbonyl (C=O) groups excluding carboxylic acids is 1. The number of carbonyl (C=O) groups is 1. The first-order valence-electron chi connectivity index (χ1n) is 6.97. The van der Waals surface area contributed by atoms with Crippen LogP contribution in [-0.2, 0) is 0 Å². The van der Waals surface area contributed by atoms with E-state index < -0.39 is 0 Å². The van der Waals surface area contributed by atoms with Crippen molar-refractivity contribution in [2.45, 2.75) is 18.9 Å². The van der Waals surface area contributed by atoms with E-state index in [1.165, 1.54) is 6.33 Å². The third-order valence-corrected chi connectivity index (χ3v) is 3.71. The molecular weight excluding hydrogens is 268 g/mol. The molecule has 7 nitrogen and oxygen atoms in total. The zero-order chi connectivity index (χ0) is 14.8. The Morgan fingerprint density at radius 2 is 2.24 bits per heavy atom. The summed E-state index contributed by atoms with van der Waals surface area (Å²) < 4.78 is 0. The molecule has 1 atom stereocenters. The monoisotopic (exact) mass is 286 g/mol. The van der Waals surface area contributed by atoms with Gasteiger partial charge in [-0.2, -0.15) is 5.10 Å². The minimum absolute atomic E-state index is 0.00971. The summed E-state index contributed by atoms with van der Waals surface area (Å²) in [4.78, 5) is 23.0. The number of hydrogen-bond donors (Lipinski definition) is 1. The Labute approximate surface area is 123 Å². The van der Waals surface area contributed by atoms with E-state index in [1.807, 2.05) is 36.0 Å². The average Bonchev–Trinajstić information content (AvgIpc) is 3.18. The summed E-state index contributed by atoms with van der Waals surface area (Å²) in [5, 5.41) is 8.48. The average molecular weight is 286 g/mol. The van der Waals surface area contributed by atoms with Crippen molar-refractivity contribution in [2.24, 2.45) is 0 Å². The molecule has 3 heterocycles. The van der Waals surface area contributed by atoms with Gasteiger partial charge in [0.15, 0.2) is 5.82 Å². The largest absolute Gasteiger partial charge is 0.361 e. The summed E-state index contributed by atoms with van der Waals surface area (Å²) in [7, 11) is 3.85. The zero-order valence-corrected chi connectivity index (χ0v) is 12.2. The molecule has 2 aromatic rings. The van der Waals surface area contributed by atoms with E-state index >= 15 is 0 Å². The highest BCUT2D eigenvalue weighted by Gasteiger charge is 2.32. The first-order chi connectivity index (χ1) is 10.2. The lowest BCUT2D eigenvalue weighted by Gasteiger charge is -2.23. The highest BCUT2D eigenvalue weighted by molar-refractivity contribution is 5.92. The molecule has 1 unspecified atom stereocenters. The molecule has 21 heavy (non-hydrogen) atoms. The Morgan fingerprint density at radius 1 is 1.38 bits per heavy atom. The predicted molar refractivity (Wildman–Crippen MR) is 78.0 cm³/mol. The van der Waals surface area contributed by atoms with E-state index in [0.717, 1.165) is 30.9 Å². The summed E-state index contributed by atoms with van der Waals surface area (Å²) in [6.45, 7) is 0.736. The normalized spacial score (nSPS) is 18.0. The maximum atomic E-state index is 12.5. The fourth-order valence-electron chi connectivity index (χ4n) is 2.60. The number of likely N-dealkylation sites (tertiary alicyclic amines) is 1. The van der Waals surface area contributed by atoms with Crippen molar-refractivity contribution in [1.82, 2.24) is 25.1 Å². The first-order valence-corrected chi connectivity index (χ1v) is 6.97. The van der Waals surface area contributed by atoms with Crippen molar-refractivity contribution in [1.29, 1.82) is 0 Å². The van der Waals surface area contributed by atoms with Crippen molar-refractivity contribution in [2.75, 3.05) is 25.5 Å². The summed E-state index contributed by atoms with van der Waals surface area (Å²) in [6, 6.07) is 3.87. The molecule has 1 saturated heterocycles. The molecule has 3 rings (SSSR count). The minimum Gasteiger partial charge on any atom is -0.361 e.